The summed E-state index contributed by atoms with van der Waals surface area (Å²) in [6, 6.07) is 16.2. The van der Waals surface area contributed by atoms with E-state index < -0.39 is 35.5 Å². The smallest absolute Gasteiger partial charge is 0.326 e. The van der Waals surface area contributed by atoms with Crippen LogP contribution in [0.3, 0.4) is 0 Å². The van der Waals surface area contributed by atoms with Crippen molar-refractivity contribution in [3.8, 4) is 0 Å². The SMILES string of the molecule is Cc1cccc(N2C(=O)[C@H](CC(=O)Nc3ccc(F)cc3)N(Cc3ccc(F)cc3)C2=O)c1. The van der Waals surface area contributed by atoms with Gasteiger partial charge in [0.05, 0.1) is 12.1 Å². The van der Waals surface area contributed by atoms with E-state index in [0.29, 0.717) is 16.9 Å². The number of hydrogen-bond acceptors (Lipinski definition) is 3. The number of carbonyl (C=O) groups is 3. The summed E-state index contributed by atoms with van der Waals surface area (Å²) in [6.45, 7) is 1.88. The lowest BCUT2D eigenvalue weighted by atomic mass is 10.1. The van der Waals surface area contributed by atoms with Gasteiger partial charge in [-0.15, -0.1) is 0 Å². The van der Waals surface area contributed by atoms with E-state index >= 15 is 0 Å². The first kappa shape index (κ1) is 22.1. The van der Waals surface area contributed by atoms with Crippen LogP contribution in [0, 0.1) is 18.6 Å². The largest absolute Gasteiger partial charge is 0.332 e. The van der Waals surface area contributed by atoms with Crippen molar-refractivity contribution in [2.24, 2.45) is 0 Å². The monoisotopic (exact) mass is 449 g/mol. The second-order valence-corrected chi connectivity index (χ2v) is 7.82. The van der Waals surface area contributed by atoms with E-state index in [1.807, 2.05) is 13.0 Å². The van der Waals surface area contributed by atoms with Crippen molar-refractivity contribution in [3.05, 3.63) is 95.6 Å². The predicted octanol–water partition coefficient (Wildman–Crippen LogP) is 4.64. The van der Waals surface area contributed by atoms with Gasteiger partial charge in [-0.1, -0.05) is 24.3 Å². The van der Waals surface area contributed by atoms with Gasteiger partial charge in [0.15, 0.2) is 0 Å². The van der Waals surface area contributed by atoms with Crippen molar-refractivity contribution in [1.82, 2.24) is 4.90 Å². The molecule has 6 nitrogen and oxygen atoms in total. The number of amides is 4. The van der Waals surface area contributed by atoms with Crippen LogP contribution < -0.4 is 10.2 Å². The molecular weight excluding hydrogens is 428 g/mol. The van der Waals surface area contributed by atoms with Crippen molar-refractivity contribution in [2.75, 3.05) is 10.2 Å². The Labute approximate surface area is 189 Å². The number of anilines is 2. The van der Waals surface area contributed by atoms with E-state index in [0.717, 1.165) is 10.5 Å². The Balaban J connectivity index is 1.60. The zero-order chi connectivity index (χ0) is 23.5. The maximum atomic E-state index is 13.3. The predicted molar refractivity (Wildman–Crippen MR) is 119 cm³/mol. The van der Waals surface area contributed by atoms with Crippen molar-refractivity contribution in [1.29, 1.82) is 0 Å². The molecule has 0 unspecified atom stereocenters. The average molecular weight is 449 g/mol. The summed E-state index contributed by atoms with van der Waals surface area (Å²) in [5.74, 6) is -1.88. The zero-order valence-corrected chi connectivity index (χ0v) is 17.8. The molecule has 1 saturated heterocycles. The fourth-order valence-corrected chi connectivity index (χ4v) is 3.73. The molecule has 0 bridgehead atoms. The zero-order valence-electron chi connectivity index (χ0n) is 17.8. The van der Waals surface area contributed by atoms with Crippen molar-refractivity contribution in [3.63, 3.8) is 0 Å². The molecule has 1 heterocycles. The molecule has 4 rings (SSSR count). The molecule has 1 aliphatic rings. The first-order chi connectivity index (χ1) is 15.8. The summed E-state index contributed by atoms with van der Waals surface area (Å²) in [4.78, 5) is 41.6. The van der Waals surface area contributed by atoms with Gasteiger partial charge in [0, 0.05) is 12.2 Å². The second-order valence-electron chi connectivity index (χ2n) is 7.82. The van der Waals surface area contributed by atoms with Crippen LogP contribution in [-0.4, -0.2) is 28.8 Å². The number of imide groups is 1. The molecule has 3 aromatic rings. The summed E-state index contributed by atoms with van der Waals surface area (Å²) >= 11 is 0. The number of nitrogens with one attached hydrogen (secondary N) is 1. The fraction of sp³-hybridized carbons (Fsp3) is 0.160. The van der Waals surface area contributed by atoms with Crippen LogP contribution in [0.15, 0.2) is 72.8 Å². The highest BCUT2D eigenvalue weighted by Gasteiger charge is 2.46. The van der Waals surface area contributed by atoms with Gasteiger partial charge >= 0.3 is 6.03 Å². The van der Waals surface area contributed by atoms with Crippen LogP contribution in [0.25, 0.3) is 0 Å². The van der Waals surface area contributed by atoms with Crippen molar-refractivity contribution >= 4 is 29.2 Å². The minimum absolute atomic E-state index is 0.0294. The van der Waals surface area contributed by atoms with Gasteiger partial charge < -0.3 is 10.2 Å². The Morgan fingerprint density at radius 2 is 1.58 bits per heavy atom. The van der Waals surface area contributed by atoms with Gasteiger partial charge in [0.25, 0.3) is 5.91 Å². The summed E-state index contributed by atoms with van der Waals surface area (Å²) in [5.41, 5.74) is 2.28. The highest BCUT2D eigenvalue weighted by Crippen LogP contribution is 2.29. The molecular formula is C25H21F2N3O3. The molecule has 0 aromatic heterocycles. The van der Waals surface area contributed by atoms with Crippen LogP contribution >= 0.6 is 0 Å². The molecule has 0 radical (unpaired) electrons. The van der Waals surface area contributed by atoms with Gasteiger partial charge in [0.1, 0.15) is 17.7 Å². The number of rotatable bonds is 6. The number of nitrogens with zero attached hydrogens (tertiary/aromatic N) is 2. The number of halogens is 2. The van der Waals surface area contributed by atoms with Crippen LogP contribution in [-0.2, 0) is 16.1 Å². The molecule has 8 heteroatoms. The number of carbonyl (C=O) groups excluding carboxylic acids is 3. The molecule has 0 spiro atoms. The van der Waals surface area contributed by atoms with Gasteiger partial charge in [-0.25, -0.2) is 18.5 Å². The average Bonchev–Trinajstić information content (AvgIpc) is 3.00. The van der Waals surface area contributed by atoms with Gasteiger partial charge in [-0.2, -0.15) is 0 Å². The lowest BCUT2D eigenvalue weighted by Gasteiger charge is -2.21. The molecule has 0 aliphatic carbocycles. The number of benzene rings is 3. The standard InChI is InChI=1S/C25H21F2N3O3/c1-16-3-2-4-21(13-16)30-24(32)22(14-23(31)28-20-11-9-19(27)10-12-20)29(25(30)33)15-17-5-7-18(26)8-6-17/h2-13,22H,14-15H2,1H3,(H,28,31)/t22-/m0/s1. The molecule has 168 valence electrons. The first-order valence-corrected chi connectivity index (χ1v) is 10.3. The molecule has 1 N–H and O–H groups in total. The molecule has 4 amide bonds. The van der Waals surface area contributed by atoms with Crippen LogP contribution in [0.4, 0.5) is 25.0 Å². The minimum Gasteiger partial charge on any atom is -0.326 e. The summed E-state index contributed by atoms with van der Waals surface area (Å²) in [7, 11) is 0. The Hall–Kier alpha value is -4.07. The summed E-state index contributed by atoms with van der Waals surface area (Å²) < 4.78 is 26.5. The third kappa shape index (κ3) is 4.90. The molecule has 33 heavy (non-hydrogen) atoms. The van der Waals surface area contributed by atoms with Gasteiger partial charge in [-0.3, -0.25) is 9.59 Å². The van der Waals surface area contributed by atoms with E-state index in [1.165, 1.54) is 53.4 Å². The van der Waals surface area contributed by atoms with Crippen LogP contribution in [0.2, 0.25) is 0 Å². The minimum atomic E-state index is -1.05. The van der Waals surface area contributed by atoms with E-state index in [9.17, 15) is 23.2 Å². The van der Waals surface area contributed by atoms with Gasteiger partial charge in [0.2, 0.25) is 5.91 Å². The van der Waals surface area contributed by atoms with Crippen LogP contribution in [0.5, 0.6) is 0 Å². The molecule has 3 aromatic carbocycles. The summed E-state index contributed by atoms with van der Waals surface area (Å²) in [5, 5.41) is 2.62. The van der Waals surface area contributed by atoms with Gasteiger partial charge in [-0.05, 0) is 66.6 Å². The molecule has 1 fully saturated rings. The number of aryl methyl sites for hydroxylation is 1. The Morgan fingerprint density at radius 1 is 0.939 bits per heavy atom. The Kier molecular flexibility index (Phi) is 6.17. The summed E-state index contributed by atoms with van der Waals surface area (Å²) in [6.07, 6.45) is -0.286. The number of urea groups is 1. The third-order valence-corrected chi connectivity index (χ3v) is 5.35. The molecule has 0 saturated carbocycles. The maximum Gasteiger partial charge on any atom is 0.332 e. The second kappa shape index (κ2) is 9.20. The van der Waals surface area contributed by atoms with E-state index in [-0.39, 0.29) is 13.0 Å². The normalized spacial score (nSPS) is 15.8. The van der Waals surface area contributed by atoms with E-state index in [4.69, 9.17) is 0 Å². The van der Waals surface area contributed by atoms with E-state index in [2.05, 4.69) is 5.32 Å². The van der Waals surface area contributed by atoms with Crippen LogP contribution in [0.1, 0.15) is 17.5 Å². The maximum absolute atomic E-state index is 13.3. The number of hydrogen-bond donors (Lipinski definition) is 1. The quantitative estimate of drug-likeness (QED) is 0.558. The lowest BCUT2D eigenvalue weighted by Crippen LogP contribution is -2.37. The fourth-order valence-electron chi connectivity index (χ4n) is 3.73. The van der Waals surface area contributed by atoms with E-state index in [1.54, 1.807) is 18.2 Å². The third-order valence-electron chi connectivity index (χ3n) is 5.35. The Morgan fingerprint density at radius 3 is 2.21 bits per heavy atom. The Bertz CT molecular complexity index is 1200. The molecule has 1 atom stereocenters. The first-order valence-electron chi connectivity index (χ1n) is 10.3. The molecule has 1 aliphatic heterocycles. The van der Waals surface area contributed by atoms with Crippen molar-refractivity contribution in [2.45, 2.75) is 25.9 Å². The van der Waals surface area contributed by atoms with Crippen molar-refractivity contribution < 1.29 is 23.2 Å². The lowest BCUT2D eigenvalue weighted by molar-refractivity contribution is -0.124. The topological polar surface area (TPSA) is 69.7 Å². The highest BCUT2D eigenvalue weighted by atomic mass is 19.1. The highest BCUT2D eigenvalue weighted by molar-refractivity contribution is 6.22.